The van der Waals surface area contributed by atoms with Crippen LogP contribution in [0.4, 0.5) is 5.69 Å². The van der Waals surface area contributed by atoms with Crippen LogP contribution in [0.3, 0.4) is 0 Å². The van der Waals surface area contributed by atoms with Gasteiger partial charge in [-0.15, -0.1) is 0 Å². The van der Waals surface area contributed by atoms with E-state index in [4.69, 9.17) is 0 Å². The van der Waals surface area contributed by atoms with Crippen molar-refractivity contribution < 1.29 is 5.11 Å². The van der Waals surface area contributed by atoms with Gasteiger partial charge in [-0.3, -0.25) is 9.88 Å². The molecule has 1 aliphatic rings. The number of halogens is 1. The number of aliphatic hydroxyl groups excluding tert-OH is 1. The summed E-state index contributed by atoms with van der Waals surface area (Å²) in [4.78, 5) is 8.81. The van der Waals surface area contributed by atoms with Crippen molar-refractivity contribution in [2.75, 3.05) is 37.6 Å². The molecule has 0 bridgehead atoms. The van der Waals surface area contributed by atoms with Crippen LogP contribution in [0.2, 0.25) is 0 Å². The Labute approximate surface area is 110 Å². The van der Waals surface area contributed by atoms with E-state index in [9.17, 15) is 5.11 Å². The van der Waals surface area contributed by atoms with Gasteiger partial charge >= 0.3 is 0 Å². The van der Waals surface area contributed by atoms with Crippen LogP contribution in [0.5, 0.6) is 0 Å². The van der Waals surface area contributed by atoms with Gasteiger partial charge in [0.25, 0.3) is 0 Å². The number of pyridine rings is 1. The summed E-state index contributed by atoms with van der Waals surface area (Å²) in [6, 6.07) is 2.09. The Morgan fingerprint density at radius 3 is 2.65 bits per heavy atom. The number of nitrogens with zero attached hydrogens (tertiary/aromatic N) is 3. The molecule has 1 fully saturated rings. The summed E-state index contributed by atoms with van der Waals surface area (Å²) in [6.07, 6.45) is 3.46. The van der Waals surface area contributed by atoms with E-state index in [1.807, 2.05) is 13.1 Å². The van der Waals surface area contributed by atoms with Crippen LogP contribution in [0.25, 0.3) is 0 Å². The summed E-state index contributed by atoms with van der Waals surface area (Å²) in [5.41, 5.74) is 1.16. The van der Waals surface area contributed by atoms with Gasteiger partial charge in [-0.05, 0) is 28.9 Å². The zero-order chi connectivity index (χ0) is 12.3. The third-order valence-corrected chi connectivity index (χ3v) is 3.38. The minimum absolute atomic E-state index is 0.242. The van der Waals surface area contributed by atoms with E-state index < -0.39 is 0 Å². The monoisotopic (exact) mass is 299 g/mol. The Morgan fingerprint density at radius 2 is 2.06 bits per heavy atom. The highest BCUT2D eigenvalue weighted by Gasteiger charge is 2.18. The maximum atomic E-state index is 9.35. The van der Waals surface area contributed by atoms with Crippen molar-refractivity contribution in [3.63, 3.8) is 0 Å². The molecule has 0 saturated carbocycles. The predicted molar refractivity (Wildman–Crippen MR) is 72.3 cm³/mol. The topological polar surface area (TPSA) is 39.6 Å². The van der Waals surface area contributed by atoms with Crippen LogP contribution < -0.4 is 4.90 Å². The van der Waals surface area contributed by atoms with Crippen molar-refractivity contribution in [3.05, 3.63) is 22.9 Å². The van der Waals surface area contributed by atoms with Crippen molar-refractivity contribution in [2.45, 2.75) is 13.0 Å². The molecule has 0 radical (unpaired) electrons. The van der Waals surface area contributed by atoms with Crippen molar-refractivity contribution in [2.24, 2.45) is 0 Å². The molecule has 1 atom stereocenters. The van der Waals surface area contributed by atoms with Gasteiger partial charge in [0.1, 0.15) is 0 Å². The molecule has 4 nitrogen and oxygen atoms in total. The smallest absolute Gasteiger partial charge is 0.0639 e. The van der Waals surface area contributed by atoms with Crippen LogP contribution >= 0.6 is 15.9 Å². The van der Waals surface area contributed by atoms with Crippen LogP contribution in [-0.2, 0) is 0 Å². The Hall–Kier alpha value is -0.650. The fourth-order valence-corrected chi connectivity index (χ4v) is 2.49. The maximum Gasteiger partial charge on any atom is 0.0639 e. The molecule has 0 unspecified atom stereocenters. The number of β-amino-alcohol motifs (C(OH)–C–C–N with tert-alkyl or cyclic N) is 1. The second kappa shape index (κ2) is 5.80. The van der Waals surface area contributed by atoms with Crippen molar-refractivity contribution in [3.8, 4) is 0 Å². The molecule has 0 amide bonds. The average Bonchev–Trinajstić information content (AvgIpc) is 2.29. The molecule has 17 heavy (non-hydrogen) atoms. The standard InChI is InChI=1S/C12H18BrN3O/c1-10(17)9-15-2-4-16(5-3-15)12-6-11(13)7-14-8-12/h6-8,10,17H,2-5,9H2,1H3/t10-/m1/s1. The molecule has 0 spiro atoms. The molecule has 2 rings (SSSR count). The first-order valence-corrected chi connectivity index (χ1v) is 6.70. The first-order chi connectivity index (χ1) is 8.15. The molecule has 5 heteroatoms. The molecular formula is C12H18BrN3O. The summed E-state index contributed by atoms with van der Waals surface area (Å²) in [6.45, 7) is 6.58. The van der Waals surface area contributed by atoms with Crippen LogP contribution in [0.15, 0.2) is 22.9 Å². The lowest BCUT2D eigenvalue weighted by Crippen LogP contribution is -2.48. The highest BCUT2D eigenvalue weighted by molar-refractivity contribution is 9.10. The Balaban J connectivity index is 1.91. The van der Waals surface area contributed by atoms with E-state index in [0.717, 1.165) is 42.9 Å². The molecule has 0 aliphatic carbocycles. The van der Waals surface area contributed by atoms with Gasteiger partial charge in [-0.2, -0.15) is 0 Å². The lowest BCUT2D eigenvalue weighted by atomic mass is 10.2. The zero-order valence-electron chi connectivity index (χ0n) is 10.0. The van der Waals surface area contributed by atoms with E-state index >= 15 is 0 Å². The number of aliphatic hydroxyl groups is 1. The fraction of sp³-hybridized carbons (Fsp3) is 0.583. The van der Waals surface area contributed by atoms with Gasteiger partial charge in [0.15, 0.2) is 0 Å². The van der Waals surface area contributed by atoms with Gasteiger partial charge in [-0.25, -0.2) is 0 Å². The van der Waals surface area contributed by atoms with Crippen LogP contribution in [-0.4, -0.2) is 53.8 Å². The Bertz CT molecular complexity index is 365. The van der Waals surface area contributed by atoms with Gasteiger partial charge in [0, 0.05) is 43.4 Å². The number of aromatic nitrogens is 1. The van der Waals surface area contributed by atoms with Crippen molar-refractivity contribution in [1.82, 2.24) is 9.88 Å². The molecule has 1 aromatic heterocycles. The highest BCUT2D eigenvalue weighted by atomic mass is 79.9. The molecule has 1 N–H and O–H groups in total. The number of hydrogen-bond donors (Lipinski definition) is 1. The van der Waals surface area contributed by atoms with E-state index in [-0.39, 0.29) is 6.10 Å². The zero-order valence-corrected chi connectivity index (χ0v) is 11.6. The summed E-state index contributed by atoms with van der Waals surface area (Å²) >= 11 is 3.44. The summed E-state index contributed by atoms with van der Waals surface area (Å²) in [5.74, 6) is 0. The lowest BCUT2D eigenvalue weighted by Gasteiger charge is -2.36. The number of hydrogen-bond acceptors (Lipinski definition) is 4. The molecule has 1 aromatic rings. The largest absolute Gasteiger partial charge is 0.392 e. The highest BCUT2D eigenvalue weighted by Crippen LogP contribution is 2.19. The number of piperazine rings is 1. The Kier molecular flexibility index (Phi) is 4.36. The number of rotatable bonds is 3. The van der Waals surface area contributed by atoms with Gasteiger partial charge < -0.3 is 10.0 Å². The minimum atomic E-state index is -0.242. The molecule has 1 aliphatic heterocycles. The van der Waals surface area contributed by atoms with Crippen molar-refractivity contribution in [1.29, 1.82) is 0 Å². The van der Waals surface area contributed by atoms with Crippen molar-refractivity contribution >= 4 is 21.6 Å². The normalized spacial score (nSPS) is 19.4. The van der Waals surface area contributed by atoms with Gasteiger partial charge in [-0.1, -0.05) is 0 Å². The quantitative estimate of drug-likeness (QED) is 0.914. The molecular weight excluding hydrogens is 282 g/mol. The third-order valence-electron chi connectivity index (χ3n) is 2.95. The molecule has 2 heterocycles. The fourth-order valence-electron chi connectivity index (χ4n) is 2.14. The molecule has 0 aromatic carbocycles. The number of anilines is 1. The second-order valence-electron chi connectivity index (χ2n) is 4.50. The maximum absolute atomic E-state index is 9.35. The predicted octanol–water partition coefficient (Wildman–Crippen LogP) is 1.35. The molecule has 1 saturated heterocycles. The van der Waals surface area contributed by atoms with Crippen LogP contribution in [0, 0.1) is 0 Å². The minimum Gasteiger partial charge on any atom is -0.392 e. The van der Waals surface area contributed by atoms with Crippen LogP contribution in [0.1, 0.15) is 6.92 Å². The summed E-state index contributed by atoms with van der Waals surface area (Å²) < 4.78 is 1.02. The third kappa shape index (κ3) is 3.66. The molecule has 94 valence electrons. The van der Waals surface area contributed by atoms with E-state index in [1.54, 1.807) is 6.20 Å². The Morgan fingerprint density at radius 1 is 1.35 bits per heavy atom. The van der Waals surface area contributed by atoms with E-state index in [0.29, 0.717) is 0 Å². The first-order valence-electron chi connectivity index (χ1n) is 5.91. The van der Waals surface area contributed by atoms with Gasteiger partial charge in [0.2, 0.25) is 0 Å². The van der Waals surface area contributed by atoms with E-state index in [2.05, 4.69) is 36.8 Å². The summed E-state index contributed by atoms with van der Waals surface area (Å²) in [7, 11) is 0. The summed E-state index contributed by atoms with van der Waals surface area (Å²) in [5, 5.41) is 9.35. The SMILES string of the molecule is C[C@@H](O)CN1CCN(c2cncc(Br)c2)CC1. The lowest BCUT2D eigenvalue weighted by molar-refractivity contribution is 0.122. The van der Waals surface area contributed by atoms with Gasteiger partial charge in [0.05, 0.1) is 18.0 Å². The average molecular weight is 300 g/mol. The first kappa shape index (κ1) is 12.8. The van der Waals surface area contributed by atoms with E-state index in [1.165, 1.54) is 0 Å². The second-order valence-corrected chi connectivity index (χ2v) is 5.41.